The van der Waals surface area contributed by atoms with Crippen molar-refractivity contribution in [1.82, 2.24) is 25.2 Å². The van der Waals surface area contributed by atoms with E-state index < -0.39 is 18.3 Å². The number of carbonyl (C=O) groups excluding carboxylic acids is 1. The Balaban J connectivity index is 1.67. The van der Waals surface area contributed by atoms with Crippen LogP contribution in [0, 0.1) is 5.82 Å². The Morgan fingerprint density at radius 3 is 2.50 bits per heavy atom. The van der Waals surface area contributed by atoms with Gasteiger partial charge in [-0.1, -0.05) is 12.1 Å². The van der Waals surface area contributed by atoms with Crippen LogP contribution in [0.5, 0.6) is 5.75 Å². The molecule has 202 valence electrons. The van der Waals surface area contributed by atoms with Gasteiger partial charge in [0.05, 0.1) is 25.5 Å². The van der Waals surface area contributed by atoms with Gasteiger partial charge >= 0.3 is 6.61 Å². The zero-order valence-corrected chi connectivity index (χ0v) is 21.1. The first kappa shape index (κ1) is 27.0. The number of ether oxygens (including phenoxy) is 2. The molecule has 3 aromatic rings. The Hall–Kier alpha value is -4.04. The molecule has 2 aromatic heterocycles. The Labute approximate surface area is 216 Å². The highest BCUT2D eigenvalue weighted by molar-refractivity contribution is 5.98. The van der Waals surface area contributed by atoms with Crippen molar-refractivity contribution in [3.63, 3.8) is 0 Å². The molecule has 11 nitrogen and oxygen atoms in total. The summed E-state index contributed by atoms with van der Waals surface area (Å²) >= 11 is 0. The van der Waals surface area contributed by atoms with Gasteiger partial charge in [0.2, 0.25) is 5.95 Å². The molecule has 0 unspecified atom stereocenters. The van der Waals surface area contributed by atoms with Crippen LogP contribution in [-0.4, -0.2) is 77.2 Å². The van der Waals surface area contributed by atoms with Crippen molar-refractivity contribution in [2.45, 2.75) is 32.7 Å². The molecule has 0 saturated carbocycles. The summed E-state index contributed by atoms with van der Waals surface area (Å²) in [5.74, 6) is -1.15. The van der Waals surface area contributed by atoms with Crippen molar-refractivity contribution in [3.8, 4) is 16.9 Å². The quantitative estimate of drug-likeness (QED) is 0.430. The lowest BCUT2D eigenvalue weighted by Crippen LogP contribution is -2.46. The first-order valence-corrected chi connectivity index (χ1v) is 11.6. The highest BCUT2D eigenvalue weighted by atomic mass is 19.3. The van der Waals surface area contributed by atoms with Crippen molar-refractivity contribution in [2.75, 3.05) is 37.5 Å². The molecule has 0 bridgehead atoms. The van der Waals surface area contributed by atoms with E-state index in [1.54, 1.807) is 0 Å². The summed E-state index contributed by atoms with van der Waals surface area (Å²) in [4.78, 5) is 28.1. The van der Waals surface area contributed by atoms with Gasteiger partial charge in [0, 0.05) is 25.7 Å². The van der Waals surface area contributed by atoms with E-state index in [-0.39, 0.29) is 40.9 Å². The van der Waals surface area contributed by atoms with Crippen LogP contribution in [0.4, 0.5) is 30.8 Å². The van der Waals surface area contributed by atoms with Gasteiger partial charge in [0.25, 0.3) is 5.91 Å². The molecule has 1 N–H and O–H groups in total. The number of rotatable bonds is 8. The molecule has 1 aliphatic rings. The van der Waals surface area contributed by atoms with Gasteiger partial charge in [0.15, 0.2) is 23.1 Å². The average molecular weight is 534 g/mol. The van der Waals surface area contributed by atoms with Gasteiger partial charge in [-0.05, 0) is 37.6 Å². The van der Waals surface area contributed by atoms with E-state index in [0.717, 1.165) is 11.3 Å². The predicted molar refractivity (Wildman–Crippen MR) is 131 cm³/mol. The standard InChI is InChI=1S/C24H26F3N7O4/c1-13-11-34(12-14(2)37-13)24-28-10-18(25)21(30-24)29-19-9-17(20(32-31-19)22(35)33(3)36-4)15-5-7-16(8-6-15)38-23(26)27/h5-10,13-14,23H,11-12H2,1-4H3,(H,28,29,30,31)/t13-,14+. The van der Waals surface area contributed by atoms with Crippen LogP contribution in [-0.2, 0) is 9.57 Å². The number of amides is 1. The van der Waals surface area contributed by atoms with Crippen molar-refractivity contribution in [3.05, 3.63) is 48.0 Å². The SMILES string of the molecule is CON(C)C(=O)c1nnc(Nc2nc(N3C[C@@H](C)O[C@@H](C)C3)ncc2F)cc1-c1ccc(OC(F)F)cc1. The van der Waals surface area contributed by atoms with E-state index >= 15 is 0 Å². The molecule has 0 aliphatic carbocycles. The third kappa shape index (κ3) is 6.26. The van der Waals surface area contributed by atoms with E-state index in [4.69, 9.17) is 9.57 Å². The summed E-state index contributed by atoms with van der Waals surface area (Å²) in [7, 11) is 2.70. The first-order chi connectivity index (χ1) is 18.1. The Morgan fingerprint density at radius 1 is 1.18 bits per heavy atom. The fourth-order valence-corrected chi connectivity index (χ4v) is 3.94. The second-order valence-electron chi connectivity index (χ2n) is 8.53. The summed E-state index contributed by atoms with van der Waals surface area (Å²) < 4.78 is 49.9. The molecule has 1 fully saturated rings. The van der Waals surface area contributed by atoms with E-state index in [2.05, 4.69) is 30.2 Å². The number of benzene rings is 1. The van der Waals surface area contributed by atoms with Gasteiger partial charge in [-0.15, -0.1) is 10.2 Å². The highest BCUT2D eigenvalue weighted by Gasteiger charge is 2.25. The summed E-state index contributed by atoms with van der Waals surface area (Å²) in [6.45, 7) is 1.95. The minimum Gasteiger partial charge on any atom is -0.435 e. The number of nitrogens with zero attached hydrogens (tertiary/aromatic N) is 6. The van der Waals surface area contributed by atoms with Gasteiger partial charge in [-0.2, -0.15) is 13.8 Å². The number of hydrogen-bond acceptors (Lipinski definition) is 10. The largest absolute Gasteiger partial charge is 0.435 e. The second-order valence-corrected chi connectivity index (χ2v) is 8.53. The van der Waals surface area contributed by atoms with Crippen molar-refractivity contribution < 1.29 is 32.3 Å². The molecule has 4 rings (SSSR count). The minimum absolute atomic E-state index is 0.0509. The molecule has 0 spiro atoms. The average Bonchev–Trinajstić information content (AvgIpc) is 2.88. The number of carbonyl (C=O) groups is 1. The number of halogens is 3. The maximum atomic E-state index is 14.7. The zero-order valence-electron chi connectivity index (χ0n) is 21.1. The summed E-state index contributed by atoms with van der Waals surface area (Å²) in [6.07, 6.45) is 0.951. The highest BCUT2D eigenvalue weighted by Crippen LogP contribution is 2.29. The second kappa shape index (κ2) is 11.6. The molecule has 14 heteroatoms. The van der Waals surface area contributed by atoms with Crippen molar-refractivity contribution in [1.29, 1.82) is 0 Å². The summed E-state index contributed by atoms with van der Waals surface area (Å²) in [5.41, 5.74) is 0.644. The zero-order chi connectivity index (χ0) is 27.4. The van der Waals surface area contributed by atoms with Gasteiger partial charge in [0.1, 0.15) is 5.75 Å². The third-order valence-electron chi connectivity index (χ3n) is 5.63. The number of aromatic nitrogens is 4. The number of morpholine rings is 1. The van der Waals surface area contributed by atoms with Crippen LogP contribution in [0.25, 0.3) is 11.1 Å². The molecule has 2 atom stereocenters. The first-order valence-electron chi connectivity index (χ1n) is 11.6. The summed E-state index contributed by atoms with van der Waals surface area (Å²) in [6, 6.07) is 7.07. The molecule has 1 amide bonds. The fraction of sp³-hybridized carbons (Fsp3) is 0.375. The Bertz CT molecular complexity index is 1270. The van der Waals surface area contributed by atoms with Crippen LogP contribution in [0.1, 0.15) is 24.3 Å². The summed E-state index contributed by atoms with van der Waals surface area (Å²) in [5, 5.41) is 11.8. The number of anilines is 3. The lowest BCUT2D eigenvalue weighted by molar-refractivity contribution is -0.0760. The number of alkyl halides is 2. The van der Waals surface area contributed by atoms with E-state index in [1.807, 2.05) is 18.7 Å². The maximum absolute atomic E-state index is 14.7. The topological polar surface area (TPSA) is 115 Å². The molecule has 1 aliphatic heterocycles. The number of hydroxylamine groups is 2. The molecule has 1 saturated heterocycles. The normalized spacial score (nSPS) is 17.4. The number of nitrogens with one attached hydrogen (secondary N) is 1. The predicted octanol–water partition coefficient (Wildman–Crippen LogP) is 3.66. The molecular formula is C24H26F3N7O4. The van der Waals surface area contributed by atoms with Gasteiger partial charge < -0.3 is 19.7 Å². The molecular weight excluding hydrogens is 507 g/mol. The van der Waals surface area contributed by atoms with Crippen molar-refractivity contribution >= 4 is 23.5 Å². The molecule has 0 radical (unpaired) electrons. The van der Waals surface area contributed by atoms with Gasteiger partial charge in [-0.25, -0.2) is 14.4 Å². The molecule has 1 aromatic carbocycles. The van der Waals surface area contributed by atoms with Crippen LogP contribution >= 0.6 is 0 Å². The molecule has 38 heavy (non-hydrogen) atoms. The van der Waals surface area contributed by atoms with E-state index in [1.165, 1.54) is 44.5 Å². The third-order valence-corrected chi connectivity index (χ3v) is 5.63. The lowest BCUT2D eigenvalue weighted by Gasteiger charge is -2.35. The number of hydrogen-bond donors (Lipinski definition) is 1. The van der Waals surface area contributed by atoms with Crippen LogP contribution in [0.2, 0.25) is 0 Å². The monoisotopic (exact) mass is 533 g/mol. The Kier molecular flexibility index (Phi) is 8.22. The lowest BCUT2D eigenvalue weighted by atomic mass is 10.0. The van der Waals surface area contributed by atoms with E-state index in [0.29, 0.717) is 24.6 Å². The van der Waals surface area contributed by atoms with Crippen LogP contribution < -0.4 is 15.0 Å². The minimum atomic E-state index is -2.98. The van der Waals surface area contributed by atoms with Crippen molar-refractivity contribution in [2.24, 2.45) is 0 Å². The van der Waals surface area contributed by atoms with Gasteiger partial charge in [-0.3, -0.25) is 9.63 Å². The Morgan fingerprint density at radius 2 is 1.87 bits per heavy atom. The smallest absolute Gasteiger partial charge is 0.387 e. The van der Waals surface area contributed by atoms with Crippen LogP contribution in [0.3, 0.4) is 0 Å². The molecule has 3 heterocycles. The van der Waals surface area contributed by atoms with E-state index in [9.17, 15) is 18.0 Å². The van der Waals surface area contributed by atoms with Crippen LogP contribution in [0.15, 0.2) is 36.5 Å². The fourth-order valence-electron chi connectivity index (χ4n) is 3.94. The maximum Gasteiger partial charge on any atom is 0.387 e.